The molecule has 3 N–H and O–H groups in total. The summed E-state index contributed by atoms with van der Waals surface area (Å²) in [5, 5.41) is 6.84. The van der Waals surface area contributed by atoms with Crippen molar-refractivity contribution in [2.75, 3.05) is 17.7 Å². The average Bonchev–Trinajstić information content (AvgIpc) is 2.82. The van der Waals surface area contributed by atoms with Crippen LogP contribution in [-0.2, 0) is 6.54 Å². The van der Waals surface area contributed by atoms with Crippen LogP contribution < -0.4 is 15.8 Å². The Hall–Kier alpha value is -2.50. The van der Waals surface area contributed by atoms with Crippen molar-refractivity contribution in [1.82, 2.24) is 9.78 Å². The summed E-state index contributed by atoms with van der Waals surface area (Å²) in [4.78, 5) is 12.2. The Morgan fingerprint density at radius 3 is 2.65 bits per heavy atom. The number of hydrogen-bond acceptors (Lipinski definition) is 4. The van der Waals surface area contributed by atoms with Crippen LogP contribution in [0.15, 0.2) is 30.5 Å². The minimum Gasteiger partial charge on any atom is -0.494 e. The number of amides is 1. The molecule has 1 heterocycles. The molecule has 0 fully saturated rings. The molecule has 0 bridgehead atoms. The molecule has 2 aromatic rings. The van der Waals surface area contributed by atoms with Crippen LogP contribution in [0.5, 0.6) is 5.75 Å². The normalized spacial score (nSPS) is 10.3. The fourth-order valence-electron chi connectivity index (χ4n) is 1.88. The van der Waals surface area contributed by atoms with E-state index in [1.165, 1.54) is 6.20 Å². The summed E-state index contributed by atoms with van der Waals surface area (Å²) >= 11 is 0. The highest BCUT2D eigenvalue weighted by atomic mass is 16.5. The topological polar surface area (TPSA) is 82.2 Å². The van der Waals surface area contributed by atoms with Crippen molar-refractivity contribution in [2.24, 2.45) is 0 Å². The van der Waals surface area contributed by atoms with Crippen LogP contribution in [0.4, 0.5) is 11.4 Å². The monoisotopic (exact) mass is 274 g/mol. The molecule has 0 radical (unpaired) electrons. The van der Waals surface area contributed by atoms with Crippen LogP contribution in [-0.4, -0.2) is 22.3 Å². The molecule has 0 saturated carbocycles. The fraction of sp³-hybridized carbons (Fsp3) is 0.286. The summed E-state index contributed by atoms with van der Waals surface area (Å²) in [6.07, 6.45) is 1.48. The number of aromatic nitrogens is 2. The standard InChI is InChI=1S/C14H18N4O2/c1-3-18-13(12(15)9-16-18)14(19)17-10-5-7-11(8-6-10)20-4-2/h5-9H,3-4,15H2,1-2H3,(H,17,19). The number of nitrogens with one attached hydrogen (secondary N) is 1. The van der Waals surface area contributed by atoms with Crippen LogP contribution in [0.1, 0.15) is 24.3 Å². The van der Waals surface area contributed by atoms with E-state index in [0.29, 0.717) is 30.2 Å². The quantitative estimate of drug-likeness (QED) is 0.875. The van der Waals surface area contributed by atoms with Crippen LogP contribution in [0.2, 0.25) is 0 Å². The van der Waals surface area contributed by atoms with E-state index in [4.69, 9.17) is 10.5 Å². The maximum atomic E-state index is 12.2. The molecule has 2 rings (SSSR count). The number of carbonyl (C=O) groups excluding carboxylic acids is 1. The average molecular weight is 274 g/mol. The third kappa shape index (κ3) is 2.90. The highest BCUT2D eigenvalue weighted by Gasteiger charge is 2.16. The SMILES string of the molecule is CCOc1ccc(NC(=O)c2c(N)cnn2CC)cc1. The molecule has 0 atom stereocenters. The Morgan fingerprint density at radius 1 is 1.35 bits per heavy atom. The number of rotatable bonds is 5. The predicted molar refractivity (Wildman–Crippen MR) is 77.9 cm³/mol. The molecule has 20 heavy (non-hydrogen) atoms. The molecule has 1 amide bonds. The van der Waals surface area contributed by atoms with E-state index in [1.807, 2.05) is 13.8 Å². The first-order valence-corrected chi connectivity index (χ1v) is 6.51. The van der Waals surface area contributed by atoms with Gasteiger partial charge in [-0.1, -0.05) is 0 Å². The lowest BCUT2D eigenvalue weighted by atomic mass is 10.2. The van der Waals surface area contributed by atoms with Crippen LogP contribution in [0.25, 0.3) is 0 Å². The van der Waals surface area contributed by atoms with Crippen LogP contribution in [0, 0.1) is 0 Å². The molecule has 0 aliphatic rings. The Balaban J connectivity index is 2.13. The number of nitrogens with zero attached hydrogens (tertiary/aromatic N) is 2. The van der Waals surface area contributed by atoms with Gasteiger partial charge < -0.3 is 15.8 Å². The number of benzene rings is 1. The number of ether oxygens (including phenoxy) is 1. The maximum absolute atomic E-state index is 12.2. The second-order valence-corrected chi connectivity index (χ2v) is 4.18. The van der Waals surface area contributed by atoms with Crippen molar-refractivity contribution >= 4 is 17.3 Å². The summed E-state index contributed by atoms with van der Waals surface area (Å²) in [5.41, 5.74) is 7.20. The van der Waals surface area contributed by atoms with Gasteiger partial charge in [-0.05, 0) is 38.1 Å². The zero-order valence-corrected chi connectivity index (χ0v) is 11.6. The zero-order valence-electron chi connectivity index (χ0n) is 11.6. The molecule has 0 aliphatic heterocycles. The van der Waals surface area contributed by atoms with E-state index in [-0.39, 0.29) is 5.91 Å². The van der Waals surface area contributed by atoms with Gasteiger partial charge in [0.25, 0.3) is 5.91 Å². The number of carbonyl (C=O) groups is 1. The molecule has 6 heteroatoms. The van der Waals surface area contributed by atoms with Gasteiger partial charge in [-0.15, -0.1) is 0 Å². The lowest BCUT2D eigenvalue weighted by Crippen LogP contribution is -2.18. The summed E-state index contributed by atoms with van der Waals surface area (Å²) in [6.45, 7) is 5.02. The number of nitrogens with two attached hydrogens (primary N) is 1. The smallest absolute Gasteiger partial charge is 0.276 e. The number of anilines is 2. The predicted octanol–water partition coefficient (Wildman–Crippen LogP) is 2.14. The lowest BCUT2D eigenvalue weighted by Gasteiger charge is -2.08. The van der Waals surface area contributed by atoms with Gasteiger partial charge >= 0.3 is 0 Å². The van der Waals surface area contributed by atoms with Gasteiger partial charge in [0.1, 0.15) is 11.4 Å². The van der Waals surface area contributed by atoms with Crippen molar-refractivity contribution in [3.05, 3.63) is 36.2 Å². The lowest BCUT2D eigenvalue weighted by molar-refractivity contribution is 0.101. The molecule has 106 valence electrons. The van der Waals surface area contributed by atoms with Gasteiger partial charge in [0, 0.05) is 12.2 Å². The van der Waals surface area contributed by atoms with Gasteiger partial charge in [-0.2, -0.15) is 5.10 Å². The molecule has 0 unspecified atom stereocenters. The zero-order chi connectivity index (χ0) is 14.5. The summed E-state index contributed by atoms with van der Waals surface area (Å²) < 4.78 is 6.92. The van der Waals surface area contributed by atoms with Crippen molar-refractivity contribution in [1.29, 1.82) is 0 Å². The maximum Gasteiger partial charge on any atom is 0.276 e. The third-order valence-electron chi connectivity index (χ3n) is 2.81. The second-order valence-electron chi connectivity index (χ2n) is 4.18. The Labute approximate surface area is 117 Å². The largest absolute Gasteiger partial charge is 0.494 e. The Morgan fingerprint density at radius 2 is 2.05 bits per heavy atom. The first-order valence-electron chi connectivity index (χ1n) is 6.51. The first kappa shape index (κ1) is 13.9. The van der Waals surface area contributed by atoms with Crippen molar-refractivity contribution < 1.29 is 9.53 Å². The van der Waals surface area contributed by atoms with Crippen molar-refractivity contribution in [3.8, 4) is 5.75 Å². The van der Waals surface area contributed by atoms with E-state index in [2.05, 4.69) is 10.4 Å². The van der Waals surface area contributed by atoms with Gasteiger partial charge in [0.05, 0.1) is 18.5 Å². The highest BCUT2D eigenvalue weighted by Crippen LogP contribution is 2.18. The molecule has 0 spiro atoms. The number of aryl methyl sites for hydroxylation is 1. The van der Waals surface area contributed by atoms with Gasteiger partial charge in [-0.3, -0.25) is 9.48 Å². The molecule has 0 aliphatic carbocycles. The molecule has 1 aromatic heterocycles. The van der Waals surface area contributed by atoms with E-state index < -0.39 is 0 Å². The van der Waals surface area contributed by atoms with Crippen molar-refractivity contribution in [2.45, 2.75) is 20.4 Å². The van der Waals surface area contributed by atoms with E-state index in [9.17, 15) is 4.79 Å². The minimum atomic E-state index is -0.272. The summed E-state index contributed by atoms with van der Waals surface area (Å²) in [6, 6.07) is 7.18. The molecular weight excluding hydrogens is 256 g/mol. The minimum absolute atomic E-state index is 0.272. The summed E-state index contributed by atoms with van der Waals surface area (Å²) in [5.74, 6) is 0.495. The van der Waals surface area contributed by atoms with E-state index >= 15 is 0 Å². The highest BCUT2D eigenvalue weighted by molar-refractivity contribution is 6.06. The molecule has 0 saturated heterocycles. The molecule has 6 nitrogen and oxygen atoms in total. The Kier molecular flexibility index (Phi) is 4.24. The number of hydrogen-bond donors (Lipinski definition) is 2. The Bertz CT molecular complexity index is 590. The van der Waals surface area contributed by atoms with Crippen LogP contribution >= 0.6 is 0 Å². The molecule has 1 aromatic carbocycles. The third-order valence-corrected chi connectivity index (χ3v) is 2.81. The van der Waals surface area contributed by atoms with E-state index in [1.54, 1.807) is 28.9 Å². The first-order chi connectivity index (χ1) is 9.65. The van der Waals surface area contributed by atoms with Crippen LogP contribution in [0.3, 0.4) is 0 Å². The van der Waals surface area contributed by atoms with Gasteiger partial charge in [0.2, 0.25) is 0 Å². The number of nitrogen functional groups attached to an aromatic ring is 1. The fourth-order valence-corrected chi connectivity index (χ4v) is 1.88. The van der Waals surface area contributed by atoms with E-state index in [0.717, 1.165) is 5.75 Å². The second kappa shape index (κ2) is 6.10. The summed E-state index contributed by atoms with van der Waals surface area (Å²) in [7, 11) is 0. The van der Waals surface area contributed by atoms with Gasteiger partial charge in [0.15, 0.2) is 0 Å². The van der Waals surface area contributed by atoms with Crippen molar-refractivity contribution in [3.63, 3.8) is 0 Å². The molecular formula is C14H18N4O2. The van der Waals surface area contributed by atoms with Gasteiger partial charge in [-0.25, -0.2) is 0 Å².